The highest BCUT2D eigenvalue weighted by molar-refractivity contribution is 6.31. The number of rotatable bonds is 2. The standard InChI is InChI=1S/C17H16ClN5O3/c18-8-1-2-13-9(5-8)14(24)11(15(19)26-13)7-23-4-3-12-10(6-23)16(25)22-17(20)21-12/h1-2,5H,3-4,6-7,19H2,(H3,20,21,22,25). The van der Waals surface area contributed by atoms with Gasteiger partial charge in [-0.3, -0.25) is 19.5 Å². The normalized spacial score (nSPS) is 14.5. The van der Waals surface area contributed by atoms with E-state index in [1.54, 1.807) is 18.2 Å². The average Bonchev–Trinajstić information content (AvgIpc) is 2.60. The Morgan fingerprint density at radius 3 is 2.92 bits per heavy atom. The van der Waals surface area contributed by atoms with Crippen LogP contribution in [0.25, 0.3) is 11.0 Å². The minimum absolute atomic E-state index is 0.0694. The van der Waals surface area contributed by atoms with Crippen LogP contribution in [0.5, 0.6) is 0 Å². The molecule has 0 bridgehead atoms. The molecule has 1 aromatic carbocycles. The van der Waals surface area contributed by atoms with Crippen LogP contribution in [0.15, 0.2) is 32.2 Å². The van der Waals surface area contributed by atoms with Gasteiger partial charge in [0.25, 0.3) is 5.56 Å². The van der Waals surface area contributed by atoms with Crippen molar-refractivity contribution in [1.29, 1.82) is 0 Å². The smallest absolute Gasteiger partial charge is 0.257 e. The molecule has 0 atom stereocenters. The highest BCUT2D eigenvalue weighted by atomic mass is 35.5. The number of aromatic nitrogens is 2. The summed E-state index contributed by atoms with van der Waals surface area (Å²) in [6.07, 6.45) is 0.564. The van der Waals surface area contributed by atoms with E-state index >= 15 is 0 Å². The predicted octanol–water partition coefficient (Wildman–Crippen LogP) is 1.25. The van der Waals surface area contributed by atoms with E-state index in [9.17, 15) is 9.59 Å². The Hall–Kier alpha value is -2.84. The average molecular weight is 374 g/mol. The molecule has 1 aliphatic rings. The third-order valence-corrected chi connectivity index (χ3v) is 4.76. The molecule has 0 aliphatic carbocycles. The van der Waals surface area contributed by atoms with E-state index in [4.69, 9.17) is 27.5 Å². The summed E-state index contributed by atoms with van der Waals surface area (Å²) in [5.41, 5.74) is 13.0. The fraction of sp³-hybridized carbons (Fsp3) is 0.235. The van der Waals surface area contributed by atoms with Crippen molar-refractivity contribution in [2.75, 3.05) is 18.0 Å². The molecule has 0 saturated carbocycles. The van der Waals surface area contributed by atoms with E-state index in [1.165, 1.54) is 0 Å². The molecule has 0 fully saturated rings. The molecule has 134 valence electrons. The lowest BCUT2D eigenvalue weighted by Crippen LogP contribution is -2.36. The number of benzene rings is 1. The Morgan fingerprint density at radius 1 is 1.31 bits per heavy atom. The first kappa shape index (κ1) is 16.6. The molecular weight excluding hydrogens is 358 g/mol. The summed E-state index contributed by atoms with van der Waals surface area (Å²) in [5.74, 6) is 0.179. The Kier molecular flexibility index (Phi) is 3.93. The molecule has 0 spiro atoms. The second-order valence-electron chi connectivity index (χ2n) is 6.25. The highest BCUT2D eigenvalue weighted by Crippen LogP contribution is 2.23. The monoisotopic (exact) mass is 373 g/mol. The quantitative estimate of drug-likeness (QED) is 0.616. The van der Waals surface area contributed by atoms with E-state index in [0.29, 0.717) is 52.3 Å². The van der Waals surface area contributed by atoms with Crippen LogP contribution in [0.4, 0.5) is 11.8 Å². The zero-order chi connectivity index (χ0) is 18.4. The summed E-state index contributed by atoms with van der Waals surface area (Å²) in [5, 5.41) is 0.828. The van der Waals surface area contributed by atoms with Gasteiger partial charge in [0.1, 0.15) is 5.58 Å². The van der Waals surface area contributed by atoms with Gasteiger partial charge in [0.05, 0.1) is 22.2 Å². The Labute approximate surface area is 152 Å². The van der Waals surface area contributed by atoms with Gasteiger partial charge in [-0.2, -0.15) is 0 Å². The van der Waals surface area contributed by atoms with Crippen molar-refractivity contribution in [2.45, 2.75) is 19.5 Å². The Bertz CT molecular complexity index is 1140. The molecule has 0 amide bonds. The van der Waals surface area contributed by atoms with Gasteiger partial charge in [-0.05, 0) is 18.2 Å². The maximum absolute atomic E-state index is 12.8. The van der Waals surface area contributed by atoms with Gasteiger partial charge in [-0.25, -0.2) is 4.98 Å². The molecule has 1 aliphatic heterocycles. The van der Waals surface area contributed by atoms with Crippen molar-refractivity contribution in [3.05, 3.63) is 60.6 Å². The molecular formula is C17H16ClN5O3. The lowest BCUT2D eigenvalue weighted by atomic mass is 10.1. The number of hydrogen-bond donors (Lipinski definition) is 3. The second-order valence-corrected chi connectivity index (χ2v) is 6.69. The largest absolute Gasteiger partial charge is 0.440 e. The van der Waals surface area contributed by atoms with E-state index in [0.717, 1.165) is 0 Å². The molecule has 5 N–H and O–H groups in total. The number of nitrogens with one attached hydrogen (secondary N) is 1. The Morgan fingerprint density at radius 2 is 2.12 bits per heavy atom. The van der Waals surface area contributed by atoms with Gasteiger partial charge in [-0.1, -0.05) is 11.6 Å². The zero-order valence-corrected chi connectivity index (χ0v) is 14.5. The number of nitrogens with two attached hydrogens (primary N) is 2. The highest BCUT2D eigenvalue weighted by Gasteiger charge is 2.23. The maximum Gasteiger partial charge on any atom is 0.257 e. The molecule has 0 radical (unpaired) electrons. The number of H-pyrrole nitrogens is 1. The van der Waals surface area contributed by atoms with Gasteiger partial charge in [0.2, 0.25) is 5.95 Å². The van der Waals surface area contributed by atoms with Crippen LogP contribution >= 0.6 is 11.6 Å². The van der Waals surface area contributed by atoms with E-state index in [-0.39, 0.29) is 29.4 Å². The zero-order valence-electron chi connectivity index (χ0n) is 13.7. The molecule has 0 saturated heterocycles. The summed E-state index contributed by atoms with van der Waals surface area (Å²) in [4.78, 5) is 33.5. The van der Waals surface area contributed by atoms with Crippen LogP contribution in [0.2, 0.25) is 5.02 Å². The first-order chi connectivity index (χ1) is 12.4. The molecule has 26 heavy (non-hydrogen) atoms. The number of halogens is 1. The summed E-state index contributed by atoms with van der Waals surface area (Å²) in [6.45, 7) is 1.24. The fourth-order valence-corrected chi connectivity index (χ4v) is 3.40. The molecule has 3 heterocycles. The van der Waals surface area contributed by atoms with E-state index < -0.39 is 0 Å². The van der Waals surface area contributed by atoms with Gasteiger partial charge in [0, 0.05) is 31.1 Å². The number of nitrogens with zero attached hydrogens (tertiary/aromatic N) is 2. The maximum atomic E-state index is 12.8. The first-order valence-corrected chi connectivity index (χ1v) is 8.41. The number of fused-ring (bicyclic) bond motifs is 2. The van der Waals surface area contributed by atoms with Gasteiger partial charge < -0.3 is 15.9 Å². The van der Waals surface area contributed by atoms with Gasteiger partial charge in [0.15, 0.2) is 11.3 Å². The summed E-state index contributed by atoms with van der Waals surface area (Å²) >= 11 is 5.98. The van der Waals surface area contributed by atoms with E-state index in [2.05, 4.69) is 9.97 Å². The minimum Gasteiger partial charge on any atom is -0.440 e. The third kappa shape index (κ3) is 2.83. The number of nitrogen functional groups attached to an aromatic ring is 2. The predicted molar refractivity (Wildman–Crippen MR) is 99.0 cm³/mol. The van der Waals surface area contributed by atoms with Crippen molar-refractivity contribution in [1.82, 2.24) is 14.9 Å². The number of anilines is 2. The first-order valence-electron chi connectivity index (χ1n) is 8.03. The van der Waals surface area contributed by atoms with Crippen LogP contribution in [0.1, 0.15) is 16.8 Å². The topological polar surface area (TPSA) is 131 Å². The van der Waals surface area contributed by atoms with Gasteiger partial charge >= 0.3 is 0 Å². The third-order valence-electron chi connectivity index (χ3n) is 4.53. The summed E-state index contributed by atoms with van der Waals surface area (Å²) < 4.78 is 5.57. The van der Waals surface area contributed by atoms with Crippen LogP contribution in [0, 0.1) is 0 Å². The second kappa shape index (κ2) is 6.15. The SMILES string of the molecule is Nc1nc2c(c(=O)[nH]1)CN(Cc1c(N)oc3ccc(Cl)cc3c1=O)CC2. The molecule has 2 aromatic heterocycles. The van der Waals surface area contributed by atoms with Crippen molar-refractivity contribution < 1.29 is 4.42 Å². The van der Waals surface area contributed by atoms with Crippen molar-refractivity contribution >= 4 is 34.4 Å². The van der Waals surface area contributed by atoms with E-state index in [1.807, 2.05) is 4.90 Å². The summed E-state index contributed by atoms with van der Waals surface area (Å²) in [7, 11) is 0. The Balaban J connectivity index is 1.70. The van der Waals surface area contributed by atoms with Crippen molar-refractivity contribution in [3.63, 3.8) is 0 Å². The lowest BCUT2D eigenvalue weighted by Gasteiger charge is -2.27. The molecule has 8 nitrogen and oxygen atoms in total. The van der Waals surface area contributed by atoms with Crippen molar-refractivity contribution in [3.8, 4) is 0 Å². The number of aromatic amines is 1. The number of hydrogen-bond acceptors (Lipinski definition) is 7. The van der Waals surface area contributed by atoms with Crippen LogP contribution < -0.4 is 22.5 Å². The summed E-state index contributed by atoms with van der Waals surface area (Å²) in [6, 6.07) is 4.82. The lowest BCUT2D eigenvalue weighted by molar-refractivity contribution is 0.240. The molecule has 4 rings (SSSR count). The van der Waals surface area contributed by atoms with Gasteiger partial charge in [-0.15, -0.1) is 0 Å². The fourth-order valence-electron chi connectivity index (χ4n) is 3.23. The van der Waals surface area contributed by atoms with Crippen LogP contribution in [0.3, 0.4) is 0 Å². The molecule has 0 unspecified atom stereocenters. The van der Waals surface area contributed by atoms with Crippen LogP contribution in [-0.4, -0.2) is 21.4 Å². The molecule has 3 aromatic rings. The molecule has 9 heteroatoms. The minimum atomic E-state index is -0.262. The van der Waals surface area contributed by atoms with Crippen molar-refractivity contribution in [2.24, 2.45) is 0 Å². The van der Waals surface area contributed by atoms with Crippen LogP contribution in [-0.2, 0) is 19.5 Å².